The van der Waals surface area contributed by atoms with Crippen molar-refractivity contribution in [3.63, 3.8) is 0 Å². The smallest absolute Gasteiger partial charge is 0.248 e. The van der Waals surface area contributed by atoms with Crippen molar-refractivity contribution in [2.24, 2.45) is 0 Å². The summed E-state index contributed by atoms with van der Waals surface area (Å²) in [6.45, 7) is 7.22. The molecule has 108 valence electrons. The maximum absolute atomic E-state index is 5.72. The van der Waals surface area contributed by atoms with Gasteiger partial charge in [-0.3, -0.25) is 0 Å². The molecule has 2 aromatic rings. The van der Waals surface area contributed by atoms with Crippen LogP contribution in [0.2, 0.25) is 0 Å². The molecule has 1 heterocycles. The Labute approximate surface area is 141 Å². The largest absolute Gasteiger partial charge is 0.421 e. The van der Waals surface area contributed by atoms with Gasteiger partial charge in [0.1, 0.15) is 0 Å². The minimum Gasteiger partial charge on any atom is -0.421 e. The first kappa shape index (κ1) is 15.9. The number of rotatable bonds is 4. The van der Waals surface area contributed by atoms with E-state index in [0.717, 1.165) is 26.6 Å². The van der Waals surface area contributed by atoms with Crippen molar-refractivity contribution in [1.82, 2.24) is 15.5 Å². The zero-order valence-electron chi connectivity index (χ0n) is 11.7. The van der Waals surface area contributed by atoms with E-state index in [0.29, 0.717) is 11.8 Å². The zero-order valence-corrected chi connectivity index (χ0v) is 15.4. The van der Waals surface area contributed by atoms with Crippen LogP contribution >= 0.6 is 38.5 Å². The number of halogens is 2. The van der Waals surface area contributed by atoms with Gasteiger partial charge in [-0.1, -0.05) is 0 Å². The molecule has 4 nitrogen and oxygen atoms in total. The maximum atomic E-state index is 5.72. The third kappa shape index (κ3) is 4.53. The van der Waals surface area contributed by atoms with Crippen LogP contribution in [0.1, 0.15) is 26.7 Å². The molecule has 0 unspecified atom stereocenters. The molecule has 0 saturated heterocycles. The van der Waals surface area contributed by atoms with Gasteiger partial charge in [0.05, 0.1) is 5.56 Å². The van der Waals surface area contributed by atoms with Gasteiger partial charge in [-0.15, -0.1) is 10.2 Å². The number of hydrogen-bond donors (Lipinski definition) is 1. The summed E-state index contributed by atoms with van der Waals surface area (Å²) in [5, 5.41) is 11.6. The first-order valence-corrected chi connectivity index (χ1v) is 8.25. The Hall–Kier alpha value is -0.470. The fourth-order valence-electron chi connectivity index (χ4n) is 1.67. The van der Waals surface area contributed by atoms with Gasteiger partial charge in [-0.25, -0.2) is 0 Å². The predicted molar refractivity (Wildman–Crippen MR) is 91.6 cm³/mol. The highest BCUT2D eigenvalue weighted by atomic mass is 127. The van der Waals surface area contributed by atoms with E-state index in [1.54, 1.807) is 0 Å². The van der Waals surface area contributed by atoms with Crippen molar-refractivity contribution in [2.75, 3.05) is 6.54 Å². The topological polar surface area (TPSA) is 51.0 Å². The average Bonchev–Trinajstić information content (AvgIpc) is 2.79. The second-order valence-corrected chi connectivity index (χ2v) is 7.65. The summed E-state index contributed by atoms with van der Waals surface area (Å²) in [7, 11) is 0. The van der Waals surface area contributed by atoms with Gasteiger partial charge < -0.3 is 9.73 Å². The first-order chi connectivity index (χ1) is 9.35. The molecule has 2 rings (SSSR count). The monoisotopic (exact) mass is 449 g/mol. The second-order valence-electron chi connectivity index (χ2n) is 5.55. The minimum absolute atomic E-state index is 0.0986. The van der Waals surface area contributed by atoms with Crippen molar-refractivity contribution in [3.8, 4) is 11.5 Å². The number of nitrogens with zero attached hydrogens (tertiary/aromatic N) is 2. The van der Waals surface area contributed by atoms with E-state index < -0.39 is 0 Å². The molecule has 6 heteroatoms. The molecule has 1 aromatic heterocycles. The van der Waals surface area contributed by atoms with Crippen LogP contribution in [0.15, 0.2) is 27.1 Å². The van der Waals surface area contributed by atoms with E-state index in [9.17, 15) is 0 Å². The number of aromatic nitrogens is 2. The Morgan fingerprint density at radius 2 is 2.05 bits per heavy atom. The van der Waals surface area contributed by atoms with Gasteiger partial charge >= 0.3 is 0 Å². The van der Waals surface area contributed by atoms with Crippen LogP contribution in [0.5, 0.6) is 0 Å². The summed E-state index contributed by atoms with van der Waals surface area (Å²) < 4.78 is 7.82. The molecule has 0 aliphatic rings. The van der Waals surface area contributed by atoms with Crippen molar-refractivity contribution >= 4 is 38.5 Å². The number of benzene rings is 1. The lowest BCUT2D eigenvalue weighted by Crippen LogP contribution is -2.37. The zero-order chi connectivity index (χ0) is 14.8. The molecule has 0 amide bonds. The molecule has 0 aliphatic carbocycles. The Balaban J connectivity index is 2.07. The molecule has 0 aliphatic heterocycles. The van der Waals surface area contributed by atoms with E-state index in [1.807, 2.05) is 18.2 Å². The van der Waals surface area contributed by atoms with Crippen LogP contribution in [-0.2, 0) is 6.42 Å². The Bertz CT molecular complexity index is 592. The van der Waals surface area contributed by atoms with Gasteiger partial charge in [-0.05, 0) is 77.5 Å². The number of nitrogens with one attached hydrogen (secondary N) is 1. The van der Waals surface area contributed by atoms with E-state index in [-0.39, 0.29) is 5.54 Å². The quantitative estimate of drug-likeness (QED) is 0.716. The highest BCUT2D eigenvalue weighted by Gasteiger charge is 2.13. The van der Waals surface area contributed by atoms with Crippen molar-refractivity contribution in [3.05, 3.63) is 32.1 Å². The molecule has 1 aromatic carbocycles. The van der Waals surface area contributed by atoms with Gasteiger partial charge in [0.2, 0.25) is 11.8 Å². The highest BCUT2D eigenvalue weighted by Crippen LogP contribution is 2.28. The molecule has 0 spiro atoms. The SMILES string of the molecule is CC(C)(C)NCCc1nnc(-c2cc(I)ccc2Br)o1. The molecule has 0 radical (unpaired) electrons. The molecule has 1 N–H and O–H groups in total. The van der Waals surface area contributed by atoms with Crippen molar-refractivity contribution in [2.45, 2.75) is 32.7 Å². The van der Waals surface area contributed by atoms with Crippen molar-refractivity contribution in [1.29, 1.82) is 0 Å². The van der Waals surface area contributed by atoms with Crippen LogP contribution in [0, 0.1) is 3.57 Å². The summed E-state index contributed by atoms with van der Waals surface area (Å²) in [6.07, 6.45) is 0.728. The Morgan fingerprint density at radius 1 is 1.30 bits per heavy atom. The van der Waals surface area contributed by atoms with Crippen LogP contribution < -0.4 is 5.32 Å². The first-order valence-electron chi connectivity index (χ1n) is 6.38. The van der Waals surface area contributed by atoms with E-state index in [1.165, 1.54) is 0 Å². The number of hydrogen-bond acceptors (Lipinski definition) is 4. The third-order valence-corrected chi connectivity index (χ3v) is 3.98. The molecule has 20 heavy (non-hydrogen) atoms. The average molecular weight is 450 g/mol. The van der Waals surface area contributed by atoms with E-state index >= 15 is 0 Å². The highest BCUT2D eigenvalue weighted by molar-refractivity contribution is 14.1. The lowest BCUT2D eigenvalue weighted by atomic mass is 10.1. The standard InChI is InChI=1S/C14H17BrIN3O/c1-14(2,3)17-7-6-12-18-19-13(20-12)10-8-9(16)4-5-11(10)15/h4-5,8,17H,6-7H2,1-3H3. The van der Waals surface area contributed by atoms with Crippen LogP contribution in [0.4, 0.5) is 0 Å². The Morgan fingerprint density at radius 3 is 2.75 bits per heavy atom. The van der Waals surface area contributed by atoms with E-state index in [2.05, 4.69) is 74.8 Å². The van der Waals surface area contributed by atoms with Crippen LogP contribution in [0.25, 0.3) is 11.5 Å². The fourth-order valence-corrected chi connectivity index (χ4v) is 2.58. The summed E-state index contributed by atoms with van der Waals surface area (Å²) in [6, 6.07) is 6.04. The minimum atomic E-state index is 0.0986. The van der Waals surface area contributed by atoms with Crippen molar-refractivity contribution < 1.29 is 4.42 Å². The Kier molecular flexibility index (Phi) is 5.19. The van der Waals surface area contributed by atoms with Gasteiger partial charge in [0, 0.05) is 26.5 Å². The van der Waals surface area contributed by atoms with Crippen LogP contribution in [-0.4, -0.2) is 22.3 Å². The molecule has 0 atom stereocenters. The molecule has 0 saturated carbocycles. The second kappa shape index (κ2) is 6.53. The predicted octanol–water partition coefficient (Wildman–Crippen LogP) is 4.03. The lowest BCUT2D eigenvalue weighted by molar-refractivity contribution is 0.412. The maximum Gasteiger partial charge on any atom is 0.248 e. The summed E-state index contributed by atoms with van der Waals surface area (Å²) >= 11 is 5.78. The summed E-state index contributed by atoms with van der Waals surface area (Å²) in [4.78, 5) is 0. The normalized spacial score (nSPS) is 11.8. The fraction of sp³-hybridized carbons (Fsp3) is 0.429. The van der Waals surface area contributed by atoms with Crippen LogP contribution in [0.3, 0.4) is 0 Å². The van der Waals surface area contributed by atoms with Gasteiger partial charge in [0.25, 0.3) is 0 Å². The summed E-state index contributed by atoms with van der Waals surface area (Å²) in [5.74, 6) is 1.21. The molecular weight excluding hydrogens is 433 g/mol. The summed E-state index contributed by atoms with van der Waals surface area (Å²) in [5.41, 5.74) is 1.03. The lowest BCUT2D eigenvalue weighted by Gasteiger charge is -2.19. The van der Waals surface area contributed by atoms with Gasteiger partial charge in [0.15, 0.2) is 0 Å². The van der Waals surface area contributed by atoms with Gasteiger partial charge in [-0.2, -0.15) is 0 Å². The van der Waals surface area contributed by atoms with E-state index in [4.69, 9.17) is 4.42 Å². The molecule has 0 bridgehead atoms. The molecule has 0 fully saturated rings. The third-order valence-electron chi connectivity index (χ3n) is 2.62. The molecular formula is C14H17BrIN3O.